The molecule has 0 aliphatic heterocycles. The predicted octanol–water partition coefficient (Wildman–Crippen LogP) is 4.31. The van der Waals surface area contributed by atoms with Gasteiger partial charge in [0, 0.05) is 28.8 Å². The van der Waals surface area contributed by atoms with E-state index in [4.69, 9.17) is 28.3 Å². The van der Waals surface area contributed by atoms with Gasteiger partial charge in [-0.1, -0.05) is 23.2 Å². The molecule has 0 atom stereocenters. The number of rotatable bonds is 6. The number of carboxylic acids is 1. The van der Waals surface area contributed by atoms with Crippen molar-refractivity contribution in [1.29, 1.82) is 0 Å². The molecular formula is C14H12Cl2N2O3S. The van der Waals surface area contributed by atoms with E-state index in [1.807, 2.05) is 0 Å². The second-order valence-electron chi connectivity index (χ2n) is 4.46. The third-order valence-corrected chi connectivity index (χ3v) is 4.06. The molecule has 1 amide bonds. The molecule has 0 fully saturated rings. The first kappa shape index (κ1) is 16.7. The Balaban J connectivity index is 1.99. The second-order valence-corrected chi connectivity index (χ2v) is 6.16. The third-order valence-electron chi connectivity index (χ3n) is 2.75. The summed E-state index contributed by atoms with van der Waals surface area (Å²) in [5.41, 5.74) is 1.38. The summed E-state index contributed by atoms with van der Waals surface area (Å²) in [5, 5.41) is 14.4. The molecule has 0 saturated carbocycles. The van der Waals surface area contributed by atoms with E-state index in [9.17, 15) is 9.59 Å². The first-order chi connectivity index (χ1) is 10.5. The molecular weight excluding hydrogens is 347 g/mol. The van der Waals surface area contributed by atoms with E-state index in [-0.39, 0.29) is 18.7 Å². The third kappa shape index (κ3) is 4.69. The molecule has 0 aliphatic rings. The van der Waals surface area contributed by atoms with Gasteiger partial charge in [0.2, 0.25) is 5.91 Å². The lowest BCUT2D eigenvalue weighted by molar-refractivity contribution is -0.137. The number of amides is 1. The maximum Gasteiger partial charge on any atom is 0.303 e. The lowest BCUT2D eigenvalue weighted by Crippen LogP contribution is -2.11. The number of hydrogen-bond acceptors (Lipinski definition) is 4. The largest absolute Gasteiger partial charge is 0.481 e. The van der Waals surface area contributed by atoms with Crippen molar-refractivity contribution in [3.8, 4) is 11.3 Å². The van der Waals surface area contributed by atoms with Crippen molar-refractivity contribution in [2.75, 3.05) is 5.32 Å². The van der Waals surface area contributed by atoms with Crippen molar-refractivity contribution < 1.29 is 14.7 Å². The van der Waals surface area contributed by atoms with Crippen molar-refractivity contribution in [2.24, 2.45) is 0 Å². The number of anilines is 1. The number of carboxylic acid groups (broad SMARTS) is 1. The quantitative estimate of drug-likeness (QED) is 0.806. The van der Waals surface area contributed by atoms with Gasteiger partial charge in [-0.05, 0) is 24.6 Å². The van der Waals surface area contributed by atoms with E-state index in [1.54, 1.807) is 23.6 Å². The average molecular weight is 359 g/mol. The number of thiazole rings is 1. The molecule has 0 aliphatic carbocycles. The van der Waals surface area contributed by atoms with Crippen LogP contribution in [0.4, 0.5) is 5.13 Å². The van der Waals surface area contributed by atoms with E-state index in [0.717, 1.165) is 5.56 Å². The Labute approximate surface area is 140 Å². The van der Waals surface area contributed by atoms with Gasteiger partial charge < -0.3 is 10.4 Å². The number of halogens is 2. The SMILES string of the molecule is O=C(O)CCCC(=O)Nc1nc(-c2ccc(Cl)cc2Cl)cs1. The summed E-state index contributed by atoms with van der Waals surface area (Å²) >= 11 is 13.2. The van der Waals surface area contributed by atoms with E-state index in [2.05, 4.69) is 10.3 Å². The van der Waals surface area contributed by atoms with Crippen LogP contribution in [0, 0.1) is 0 Å². The fourth-order valence-corrected chi connectivity index (χ4v) is 2.97. The van der Waals surface area contributed by atoms with Crippen molar-refractivity contribution in [2.45, 2.75) is 19.3 Å². The van der Waals surface area contributed by atoms with Crippen molar-refractivity contribution in [3.63, 3.8) is 0 Å². The Kier molecular flexibility index (Phi) is 5.76. The van der Waals surface area contributed by atoms with E-state index in [1.165, 1.54) is 11.3 Å². The van der Waals surface area contributed by atoms with Crippen LogP contribution in [0.25, 0.3) is 11.3 Å². The smallest absolute Gasteiger partial charge is 0.303 e. The molecule has 0 radical (unpaired) electrons. The Bertz CT molecular complexity index is 703. The molecule has 2 aromatic rings. The van der Waals surface area contributed by atoms with Gasteiger partial charge in [-0.2, -0.15) is 0 Å². The molecule has 0 saturated heterocycles. The van der Waals surface area contributed by atoms with Crippen molar-refractivity contribution in [1.82, 2.24) is 4.98 Å². The Morgan fingerprint density at radius 3 is 2.73 bits per heavy atom. The molecule has 0 spiro atoms. The highest BCUT2D eigenvalue weighted by atomic mass is 35.5. The highest BCUT2D eigenvalue weighted by Gasteiger charge is 2.11. The Morgan fingerprint density at radius 2 is 2.05 bits per heavy atom. The van der Waals surface area contributed by atoms with Crippen LogP contribution in [0.1, 0.15) is 19.3 Å². The number of carbonyl (C=O) groups is 2. The van der Waals surface area contributed by atoms with Crippen LogP contribution in [0.2, 0.25) is 10.0 Å². The Hall–Kier alpha value is -1.63. The van der Waals surface area contributed by atoms with Crippen LogP contribution in [0.5, 0.6) is 0 Å². The van der Waals surface area contributed by atoms with Crippen LogP contribution < -0.4 is 5.32 Å². The van der Waals surface area contributed by atoms with Crippen LogP contribution in [-0.4, -0.2) is 22.0 Å². The average Bonchev–Trinajstić information content (AvgIpc) is 2.86. The summed E-state index contributed by atoms with van der Waals surface area (Å²) in [6.07, 6.45) is 0.405. The first-order valence-electron chi connectivity index (χ1n) is 6.38. The highest BCUT2D eigenvalue weighted by Crippen LogP contribution is 2.32. The van der Waals surface area contributed by atoms with Gasteiger partial charge in [-0.15, -0.1) is 11.3 Å². The molecule has 116 valence electrons. The van der Waals surface area contributed by atoms with Gasteiger partial charge in [0.15, 0.2) is 5.13 Å². The second kappa shape index (κ2) is 7.58. The molecule has 0 unspecified atom stereocenters. The fourth-order valence-electron chi connectivity index (χ4n) is 1.73. The summed E-state index contributed by atoms with van der Waals surface area (Å²) in [6.45, 7) is 0. The summed E-state index contributed by atoms with van der Waals surface area (Å²) in [5.74, 6) is -1.17. The number of benzene rings is 1. The molecule has 1 aromatic carbocycles. The van der Waals surface area contributed by atoms with Crippen LogP contribution >= 0.6 is 34.5 Å². The summed E-state index contributed by atoms with van der Waals surface area (Å²) < 4.78 is 0. The number of nitrogens with zero attached hydrogens (tertiary/aromatic N) is 1. The normalized spacial score (nSPS) is 10.5. The predicted molar refractivity (Wildman–Crippen MR) is 87.7 cm³/mol. The molecule has 1 heterocycles. The van der Waals surface area contributed by atoms with Crippen LogP contribution in [0.3, 0.4) is 0 Å². The lowest BCUT2D eigenvalue weighted by Gasteiger charge is -2.02. The minimum Gasteiger partial charge on any atom is -0.481 e. The van der Waals surface area contributed by atoms with E-state index in [0.29, 0.717) is 27.3 Å². The maximum absolute atomic E-state index is 11.7. The van der Waals surface area contributed by atoms with Gasteiger partial charge in [-0.3, -0.25) is 9.59 Å². The minimum atomic E-state index is -0.915. The van der Waals surface area contributed by atoms with Gasteiger partial charge >= 0.3 is 5.97 Å². The topological polar surface area (TPSA) is 79.3 Å². The van der Waals surface area contributed by atoms with E-state index < -0.39 is 5.97 Å². The number of carbonyl (C=O) groups excluding carboxylic acids is 1. The standard InChI is InChI=1S/C14H12Cl2N2O3S/c15-8-4-5-9(10(16)6-8)11-7-22-14(17-11)18-12(19)2-1-3-13(20)21/h4-7H,1-3H2,(H,20,21)(H,17,18,19). The minimum absolute atomic E-state index is 0.0308. The van der Waals surface area contributed by atoms with Gasteiger partial charge in [-0.25, -0.2) is 4.98 Å². The molecule has 5 nitrogen and oxygen atoms in total. The van der Waals surface area contributed by atoms with E-state index >= 15 is 0 Å². The monoisotopic (exact) mass is 358 g/mol. The lowest BCUT2D eigenvalue weighted by atomic mass is 10.2. The molecule has 2 rings (SSSR count). The zero-order valence-electron chi connectivity index (χ0n) is 11.3. The van der Waals surface area contributed by atoms with Crippen LogP contribution in [-0.2, 0) is 9.59 Å². The van der Waals surface area contributed by atoms with Crippen LogP contribution in [0.15, 0.2) is 23.6 Å². The molecule has 0 bridgehead atoms. The summed E-state index contributed by atoms with van der Waals surface area (Å²) in [6, 6.07) is 5.10. The Morgan fingerprint density at radius 1 is 1.27 bits per heavy atom. The molecule has 22 heavy (non-hydrogen) atoms. The maximum atomic E-state index is 11.7. The number of aliphatic carboxylic acids is 1. The van der Waals surface area contributed by atoms with Crippen molar-refractivity contribution >= 4 is 51.5 Å². The fraction of sp³-hybridized carbons (Fsp3) is 0.214. The number of hydrogen-bond donors (Lipinski definition) is 2. The number of aromatic nitrogens is 1. The van der Waals surface area contributed by atoms with Gasteiger partial charge in [0.1, 0.15) is 0 Å². The van der Waals surface area contributed by atoms with Gasteiger partial charge in [0.25, 0.3) is 0 Å². The highest BCUT2D eigenvalue weighted by molar-refractivity contribution is 7.14. The molecule has 8 heteroatoms. The molecule has 2 N–H and O–H groups in total. The number of nitrogens with one attached hydrogen (secondary N) is 1. The first-order valence-corrected chi connectivity index (χ1v) is 8.02. The van der Waals surface area contributed by atoms with Gasteiger partial charge in [0.05, 0.1) is 10.7 Å². The summed E-state index contributed by atoms with van der Waals surface area (Å²) in [4.78, 5) is 26.4. The zero-order valence-corrected chi connectivity index (χ0v) is 13.6. The van der Waals surface area contributed by atoms with Crippen molar-refractivity contribution in [3.05, 3.63) is 33.6 Å². The molecule has 1 aromatic heterocycles. The summed E-state index contributed by atoms with van der Waals surface area (Å²) in [7, 11) is 0. The zero-order chi connectivity index (χ0) is 16.1.